The lowest BCUT2D eigenvalue weighted by molar-refractivity contribution is -0.137. The predicted molar refractivity (Wildman–Crippen MR) is 116 cm³/mol. The minimum atomic E-state index is -4.77. The second-order valence-electron chi connectivity index (χ2n) is 7.32. The van der Waals surface area contributed by atoms with E-state index in [9.17, 15) is 26.4 Å². The van der Waals surface area contributed by atoms with Crippen LogP contribution in [0.2, 0.25) is 5.02 Å². The van der Waals surface area contributed by atoms with Crippen molar-refractivity contribution in [1.29, 1.82) is 0 Å². The Morgan fingerprint density at radius 3 is 2.32 bits per heavy atom. The Morgan fingerprint density at radius 2 is 1.81 bits per heavy atom. The highest BCUT2D eigenvalue weighted by molar-refractivity contribution is 7.92. The molecule has 31 heavy (non-hydrogen) atoms. The van der Waals surface area contributed by atoms with E-state index in [4.69, 9.17) is 11.6 Å². The first-order valence-electron chi connectivity index (χ1n) is 9.45. The Labute approximate surface area is 185 Å². The number of hydrogen-bond donors (Lipinski definition) is 1. The van der Waals surface area contributed by atoms with Crippen molar-refractivity contribution in [2.24, 2.45) is 0 Å². The molecule has 5 nitrogen and oxygen atoms in total. The van der Waals surface area contributed by atoms with Crippen LogP contribution < -0.4 is 9.62 Å². The smallest absolute Gasteiger partial charge is 0.348 e. The third-order valence-electron chi connectivity index (χ3n) is 4.78. The van der Waals surface area contributed by atoms with Crippen molar-refractivity contribution in [3.63, 3.8) is 0 Å². The number of alkyl halides is 3. The van der Waals surface area contributed by atoms with Gasteiger partial charge in [-0.3, -0.25) is 9.10 Å². The van der Waals surface area contributed by atoms with E-state index < -0.39 is 39.2 Å². The average molecular weight is 477 g/mol. The number of carbonyl (C=O) groups is 1. The first kappa shape index (κ1) is 25.0. The maximum absolute atomic E-state index is 13.2. The number of aryl methyl sites for hydroxylation is 2. The molecule has 0 heterocycles. The van der Waals surface area contributed by atoms with Crippen molar-refractivity contribution in [3.05, 3.63) is 63.7 Å². The van der Waals surface area contributed by atoms with Crippen LogP contribution in [0.15, 0.2) is 36.4 Å². The SMILES string of the molecule is CCC(NC(=O)CN(c1ccc(Cl)c(C(F)(F)F)c1)S(C)(=O)=O)c1ccc(C)cc1C. The zero-order chi connectivity index (χ0) is 23.6. The van der Waals surface area contributed by atoms with Crippen LogP contribution >= 0.6 is 11.6 Å². The summed E-state index contributed by atoms with van der Waals surface area (Å²) in [7, 11) is -4.05. The molecule has 1 N–H and O–H groups in total. The Bertz CT molecular complexity index is 1070. The summed E-state index contributed by atoms with van der Waals surface area (Å²) in [5.74, 6) is -0.638. The Hall–Kier alpha value is -2.26. The maximum atomic E-state index is 13.2. The number of sulfonamides is 1. The zero-order valence-electron chi connectivity index (χ0n) is 17.5. The molecule has 2 aromatic carbocycles. The number of halogens is 4. The summed E-state index contributed by atoms with van der Waals surface area (Å²) in [5, 5.41) is 2.22. The standard InChI is InChI=1S/C21H24ClF3N2O3S/c1-5-19(16-8-6-13(2)10-14(16)3)26-20(28)12-27(31(4,29)30)15-7-9-18(22)17(11-15)21(23,24)25/h6-11,19H,5,12H2,1-4H3,(H,26,28). The molecule has 0 aliphatic rings. The van der Waals surface area contributed by atoms with E-state index in [1.807, 2.05) is 39.0 Å². The summed E-state index contributed by atoms with van der Waals surface area (Å²) in [4.78, 5) is 12.7. The maximum Gasteiger partial charge on any atom is 0.417 e. The van der Waals surface area contributed by atoms with Crippen molar-refractivity contribution < 1.29 is 26.4 Å². The number of benzene rings is 2. The zero-order valence-corrected chi connectivity index (χ0v) is 19.1. The predicted octanol–water partition coefficient (Wildman–Crippen LogP) is 5.01. The number of hydrogen-bond acceptors (Lipinski definition) is 3. The van der Waals surface area contributed by atoms with Gasteiger partial charge in [0.05, 0.1) is 28.6 Å². The van der Waals surface area contributed by atoms with Crippen LogP contribution in [0.4, 0.5) is 18.9 Å². The number of nitrogens with zero attached hydrogens (tertiary/aromatic N) is 1. The van der Waals surface area contributed by atoms with E-state index in [1.54, 1.807) is 0 Å². The molecule has 0 saturated carbocycles. The molecule has 1 unspecified atom stereocenters. The largest absolute Gasteiger partial charge is 0.417 e. The number of carbonyl (C=O) groups excluding carboxylic acids is 1. The fourth-order valence-electron chi connectivity index (χ4n) is 3.27. The van der Waals surface area contributed by atoms with Gasteiger partial charge >= 0.3 is 6.18 Å². The number of rotatable bonds is 7. The first-order chi connectivity index (χ1) is 14.2. The van der Waals surface area contributed by atoms with Gasteiger partial charge in [-0.2, -0.15) is 13.2 Å². The summed E-state index contributed by atoms with van der Waals surface area (Å²) in [6.07, 6.45) is -3.40. The van der Waals surface area contributed by atoms with Gasteiger partial charge in [0.15, 0.2) is 0 Å². The number of anilines is 1. The number of amides is 1. The van der Waals surface area contributed by atoms with Crippen molar-refractivity contribution in [2.45, 2.75) is 39.4 Å². The van der Waals surface area contributed by atoms with Crippen LogP contribution in [-0.4, -0.2) is 27.1 Å². The minimum absolute atomic E-state index is 0.297. The number of nitrogens with one attached hydrogen (secondary N) is 1. The molecule has 1 amide bonds. The van der Waals surface area contributed by atoms with E-state index in [2.05, 4.69) is 5.32 Å². The topological polar surface area (TPSA) is 66.5 Å². The van der Waals surface area contributed by atoms with E-state index in [-0.39, 0.29) is 11.7 Å². The Kier molecular flexibility index (Phi) is 7.65. The summed E-state index contributed by atoms with van der Waals surface area (Å²) in [6.45, 7) is 5.06. The van der Waals surface area contributed by atoms with Crippen LogP contribution in [0, 0.1) is 13.8 Å². The first-order valence-corrected chi connectivity index (χ1v) is 11.7. The molecule has 2 aromatic rings. The lowest BCUT2D eigenvalue weighted by Gasteiger charge is -2.25. The van der Waals surface area contributed by atoms with Crippen LogP contribution in [0.1, 0.15) is 41.6 Å². The average Bonchev–Trinajstić information content (AvgIpc) is 2.63. The molecule has 0 bridgehead atoms. The minimum Gasteiger partial charge on any atom is -0.348 e. The quantitative estimate of drug-likeness (QED) is 0.611. The second-order valence-corrected chi connectivity index (χ2v) is 9.63. The summed E-state index contributed by atoms with van der Waals surface area (Å²) in [5.41, 5.74) is 1.45. The van der Waals surface area contributed by atoms with Crippen LogP contribution in [0.5, 0.6) is 0 Å². The second kappa shape index (κ2) is 9.48. The van der Waals surface area contributed by atoms with Crippen LogP contribution in [0.3, 0.4) is 0 Å². The molecular weight excluding hydrogens is 453 g/mol. The van der Waals surface area contributed by atoms with Crippen LogP contribution in [0.25, 0.3) is 0 Å². The molecule has 0 saturated heterocycles. The fraction of sp³-hybridized carbons (Fsp3) is 0.381. The van der Waals surface area contributed by atoms with Crippen LogP contribution in [-0.2, 0) is 21.0 Å². The molecule has 0 fully saturated rings. The van der Waals surface area contributed by atoms with Crippen molar-refractivity contribution in [2.75, 3.05) is 17.1 Å². The van der Waals surface area contributed by atoms with Gasteiger partial charge in [-0.25, -0.2) is 8.42 Å². The highest BCUT2D eigenvalue weighted by Crippen LogP contribution is 2.37. The lowest BCUT2D eigenvalue weighted by Crippen LogP contribution is -2.41. The molecule has 10 heteroatoms. The molecule has 0 aliphatic heterocycles. The third-order valence-corrected chi connectivity index (χ3v) is 6.25. The molecule has 170 valence electrons. The summed E-state index contributed by atoms with van der Waals surface area (Å²) < 4.78 is 64.7. The van der Waals surface area contributed by atoms with E-state index >= 15 is 0 Å². The Balaban J connectivity index is 2.32. The summed E-state index contributed by atoms with van der Waals surface area (Å²) >= 11 is 5.62. The third kappa shape index (κ3) is 6.36. The highest BCUT2D eigenvalue weighted by Gasteiger charge is 2.34. The monoisotopic (exact) mass is 476 g/mol. The van der Waals surface area contributed by atoms with Gasteiger partial charge in [0.25, 0.3) is 0 Å². The van der Waals surface area contributed by atoms with Gasteiger partial charge in [0, 0.05) is 0 Å². The van der Waals surface area contributed by atoms with Gasteiger partial charge in [-0.05, 0) is 49.6 Å². The van der Waals surface area contributed by atoms with Gasteiger partial charge in [-0.1, -0.05) is 42.3 Å². The molecule has 0 aromatic heterocycles. The van der Waals surface area contributed by atoms with E-state index in [0.29, 0.717) is 16.8 Å². The molecule has 0 spiro atoms. The molecule has 1 atom stereocenters. The van der Waals surface area contributed by atoms with E-state index in [1.165, 1.54) is 0 Å². The Morgan fingerprint density at radius 1 is 1.16 bits per heavy atom. The molecular formula is C21H24ClF3N2O3S. The highest BCUT2D eigenvalue weighted by atomic mass is 35.5. The van der Waals surface area contributed by atoms with Gasteiger partial charge in [0.2, 0.25) is 15.9 Å². The molecule has 2 rings (SSSR count). The van der Waals surface area contributed by atoms with Crippen molar-refractivity contribution in [3.8, 4) is 0 Å². The van der Waals surface area contributed by atoms with E-state index in [0.717, 1.165) is 35.1 Å². The molecule has 0 radical (unpaired) electrons. The van der Waals surface area contributed by atoms with Gasteiger partial charge in [-0.15, -0.1) is 0 Å². The fourth-order valence-corrected chi connectivity index (χ4v) is 4.35. The van der Waals surface area contributed by atoms with Crippen molar-refractivity contribution >= 4 is 33.2 Å². The normalized spacial score (nSPS) is 13.0. The van der Waals surface area contributed by atoms with Crippen molar-refractivity contribution in [1.82, 2.24) is 5.32 Å². The van der Waals surface area contributed by atoms with Gasteiger partial charge < -0.3 is 5.32 Å². The lowest BCUT2D eigenvalue weighted by atomic mass is 9.97. The molecule has 0 aliphatic carbocycles. The van der Waals surface area contributed by atoms with Gasteiger partial charge in [0.1, 0.15) is 6.54 Å². The summed E-state index contributed by atoms with van der Waals surface area (Å²) in [6, 6.07) is 8.12.